The van der Waals surface area contributed by atoms with Gasteiger partial charge in [-0.05, 0) is 73.2 Å². The summed E-state index contributed by atoms with van der Waals surface area (Å²) in [6.45, 7) is 4.47. The summed E-state index contributed by atoms with van der Waals surface area (Å²) in [5, 5.41) is 11.0. The first-order valence-corrected chi connectivity index (χ1v) is 9.83. The van der Waals surface area contributed by atoms with Crippen LogP contribution in [-0.2, 0) is 12.8 Å². The molecular weight excluding hydrogens is 362 g/mol. The van der Waals surface area contributed by atoms with Crippen LogP contribution in [0, 0.1) is 13.8 Å². The minimum Gasteiger partial charge on any atom is -0.491 e. The third-order valence-electron chi connectivity index (χ3n) is 5.23. The van der Waals surface area contributed by atoms with Crippen LogP contribution in [0.5, 0.6) is 5.75 Å². The molecule has 4 rings (SSSR count). The average Bonchev–Trinajstić information content (AvgIpc) is 2.71. The van der Waals surface area contributed by atoms with E-state index in [0.29, 0.717) is 12.4 Å². The molecule has 0 aliphatic carbocycles. The molecule has 0 amide bonds. The third-order valence-corrected chi connectivity index (χ3v) is 5.23. The van der Waals surface area contributed by atoms with Crippen molar-refractivity contribution in [3.8, 4) is 5.75 Å². The quantitative estimate of drug-likeness (QED) is 0.486. The van der Waals surface area contributed by atoms with Crippen LogP contribution < -0.4 is 10.5 Å². The van der Waals surface area contributed by atoms with Gasteiger partial charge in [0.1, 0.15) is 17.9 Å². The Bertz CT molecular complexity index is 1190. The van der Waals surface area contributed by atoms with Gasteiger partial charge in [-0.1, -0.05) is 18.2 Å². The average molecular weight is 387 g/mol. The lowest BCUT2D eigenvalue weighted by molar-refractivity contribution is 0.201. The molecule has 3 N–H and O–H groups in total. The van der Waals surface area contributed by atoms with Crippen molar-refractivity contribution < 1.29 is 9.84 Å². The van der Waals surface area contributed by atoms with Crippen molar-refractivity contribution in [3.05, 3.63) is 70.9 Å². The summed E-state index contributed by atoms with van der Waals surface area (Å²) in [7, 11) is 0. The summed E-state index contributed by atoms with van der Waals surface area (Å²) in [6.07, 6.45) is 3.70. The molecule has 2 heterocycles. The Morgan fingerprint density at radius 1 is 1.00 bits per heavy atom. The summed E-state index contributed by atoms with van der Waals surface area (Å²) >= 11 is 0. The molecule has 0 radical (unpaired) electrons. The number of rotatable bonds is 6. The number of aromatic nitrogens is 2. The number of nitrogen functional groups attached to an aromatic ring is 1. The van der Waals surface area contributed by atoms with E-state index in [1.165, 1.54) is 16.7 Å². The standard InChI is InChI=1S/C24H25N3O2/c1-15-3-8-20-21-13-17(14-26-23(21)24(25)27-22(20)11-15)4-5-18-6-7-19(12-16(18)2)29-10-9-28/h3,6-8,11-14,28H,4-5,9-10H2,1-2H3,(H2,25,27). The maximum atomic E-state index is 8.89. The largest absolute Gasteiger partial charge is 0.491 e. The second-order valence-corrected chi connectivity index (χ2v) is 7.42. The summed E-state index contributed by atoms with van der Waals surface area (Å²) < 4.78 is 5.48. The normalized spacial score (nSPS) is 11.3. The minimum atomic E-state index is 0.0179. The van der Waals surface area contributed by atoms with Gasteiger partial charge in [-0.15, -0.1) is 0 Å². The first-order chi connectivity index (χ1) is 14.0. The number of ether oxygens (including phenoxy) is 1. The van der Waals surface area contributed by atoms with Crippen LogP contribution in [0.4, 0.5) is 5.82 Å². The van der Waals surface area contributed by atoms with Crippen LogP contribution in [0.3, 0.4) is 0 Å². The van der Waals surface area contributed by atoms with Crippen molar-refractivity contribution in [3.63, 3.8) is 0 Å². The molecule has 5 nitrogen and oxygen atoms in total. The van der Waals surface area contributed by atoms with Crippen LogP contribution >= 0.6 is 0 Å². The first-order valence-electron chi connectivity index (χ1n) is 9.83. The van der Waals surface area contributed by atoms with Gasteiger partial charge >= 0.3 is 0 Å². The van der Waals surface area contributed by atoms with E-state index in [1.54, 1.807) is 0 Å². The maximum Gasteiger partial charge on any atom is 0.150 e. The molecule has 0 atom stereocenters. The zero-order valence-electron chi connectivity index (χ0n) is 16.8. The van der Waals surface area contributed by atoms with Crippen LogP contribution in [-0.4, -0.2) is 28.3 Å². The number of hydrogen-bond acceptors (Lipinski definition) is 5. The van der Waals surface area contributed by atoms with E-state index in [9.17, 15) is 0 Å². The van der Waals surface area contributed by atoms with Gasteiger partial charge in [-0.25, -0.2) is 4.98 Å². The van der Waals surface area contributed by atoms with Gasteiger partial charge in [0.2, 0.25) is 0 Å². The molecule has 29 heavy (non-hydrogen) atoms. The topological polar surface area (TPSA) is 81.3 Å². The molecule has 2 aromatic carbocycles. The van der Waals surface area contributed by atoms with E-state index in [4.69, 9.17) is 15.6 Å². The number of aryl methyl sites for hydroxylation is 4. The van der Waals surface area contributed by atoms with Gasteiger partial charge in [0.15, 0.2) is 5.82 Å². The fourth-order valence-electron chi connectivity index (χ4n) is 3.68. The molecule has 2 aromatic heterocycles. The highest BCUT2D eigenvalue weighted by Crippen LogP contribution is 2.28. The smallest absolute Gasteiger partial charge is 0.150 e. The van der Waals surface area contributed by atoms with Crippen molar-refractivity contribution in [2.75, 3.05) is 18.9 Å². The molecule has 0 unspecified atom stereocenters. The van der Waals surface area contributed by atoms with Crippen LogP contribution in [0.25, 0.3) is 21.8 Å². The van der Waals surface area contributed by atoms with E-state index in [-0.39, 0.29) is 6.61 Å². The van der Waals surface area contributed by atoms with Crippen molar-refractivity contribution in [2.45, 2.75) is 26.7 Å². The van der Waals surface area contributed by atoms with E-state index in [2.05, 4.69) is 54.1 Å². The van der Waals surface area contributed by atoms with Gasteiger partial charge in [0.25, 0.3) is 0 Å². The second kappa shape index (κ2) is 8.05. The van der Waals surface area contributed by atoms with E-state index < -0.39 is 0 Å². The molecule has 0 fully saturated rings. The highest BCUT2D eigenvalue weighted by atomic mass is 16.5. The summed E-state index contributed by atoms with van der Waals surface area (Å²) in [4.78, 5) is 9.12. The van der Waals surface area contributed by atoms with Crippen molar-refractivity contribution in [1.29, 1.82) is 0 Å². The number of nitrogens with two attached hydrogens (primary N) is 1. The Morgan fingerprint density at radius 3 is 2.66 bits per heavy atom. The van der Waals surface area contributed by atoms with E-state index in [0.717, 1.165) is 46.0 Å². The predicted molar refractivity (Wildman–Crippen MR) is 117 cm³/mol. The monoisotopic (exact) mass is 387 g/mol. The zero-order chi connectivity index (χ0) is 20.4. The molecular formula is C24H25N3O2. The fraction of sp³-hybridized carbons (Fsp3) is 0.250. The molecule has 4 aromatic rings. The summed E-state index contributed by atoms with van der Waals surface area (Å²) in [5.74, 6) is 1.26. The molecule has 5 heteroatoms. The lowest BCUT2D eigenvalue weighted by Crippen LogP contribution is -2.02. The number of anilines is 1. The predicted octanol–water partition coefficient (Wildman–Crippen LogP) is 4.14. The number of nitrogens with zero attached hydrogens (tertiary/aromatic N) is 2. The number of aliphatic hydroxyl groups excluding tert-OH is 1. The van der Waals surface area contributed by atoms with Gasteiger partial charge < -0.3 is 15.6 Å². The lowest BCUT2D eigenvalue weighted by Gasteiger charge is -2.11. The number of hydrogen-bond donors (Lipinski definition) is 2. The molecule has 148 valence electrons. The number of pyridine rings is 2. The fourth-order valence-corrected chi connectivity index (χ4v) is 3.68. The van der Waals surface area contributed by atoms with Crippen LogP contribution in [0.1, 0.15) is 22.3 Å². The number of aliphatic hydroxyl groups is 1. The highest BCUT2D eigenvalue weighted by molar-refractivity contribution is 6.08. The summed E-state index contributed by atoms with van der Waals surface area (Å²) in [5.41, 5.74) is 12.6. The third kappa shape index (κ3) is 4.00. The van der Waals surface area contributed by atoms with Gasteiger partial charge in [0.05, 0.1) is 12.1 Å². The highest BCUT2D eigenvalue weighted by Gasteiger charge is 2.09. The minimum absolute atomic E-state index is 0.0179. The van der Waals surface area contributed by atoms with E-state index in [1.807, 2.05) is 18.3 Å². The SMILES string of the molecule is Cc1ccc2c(c1)nc(N)c1ncc(CCc3ccc(OCCO)cc3C)cc12. The Kier molecular flexibility index (Phi) is 5.32. The Balaban J connectivity index is 1.61. The van der Waals surface area contributed by atoms with Gasteiger partial charge in [-0.3, -0.25) is 4.98 Å². The Hall–Kier alpha value is -3.18. The van der Waals surface area contributed by atoms with Crippen LogP contribution in [0.2, 0.25) is 0 Å². The van der Waals surface area contributed by atoms with Crippen molar-refractivity contribution in [1.82, 2.24) is 9.97 Å². The summed E-state index contributed by atoms with van der Waals surface area (Å²) in [6, 6.07) is 14.5. The zero-order valence-corrected chi connectivity index (χ0v) is 16.8. The first kappa shape index (κ1) is 19.2. The van der Waals surface area contributed by atoms with Crippen molar-refractivity contribution >= 4 is 27.6 Å². The molecule has 0 bridgehead atoms. The molecule has 0 saturated carbocycles. The van der Waals surface area contributed by atoms with Gasteiger partial charge in [-0.2, -0.15) is 0 Å². The number of fused-ring (bicyclic) bond motifs is 3. The van der Waals surface area contributed by atoms with Crippen LogP contribution in [0.15, 0.2) is 48.7 Å². The van der Waals surface area contributed by atoms with Crippen molar-refractivity contribution in [2.24, 2.45) is 0 Å². The Morgan fingerprint density at radius 2 is 1.86 bits per heavy atom. The molecule has 0 aliphatic rings. The second-order valence-electron chi connectivity index (χ2n) is 7.42. The number of benzene rings is 2. The molecule has 0 spiro atoms. The molecule has 0 saturated heterocycles. The lowest BCUT2D eigenvalue weighted by atomic mass is 9.99. The van der Waals surface area contributed by atoms with Gasteiger partial charge in [0, 0.05) is 17.0 Å². The molecule has 0 aliphatic heterocycles. The Labute approximate surface area is 170 Å². The van der Waals surface area contributed by atoms with E-state index >= 15 is 0 Å². The maximum absolute atomic E-state index is 8.89.